The van der Waals surface area contributed by atoms with Crippen molar-refractivity contribution >= 4 is 40.2 Å². The third-order valence-corrected chi connectivity index (χ3v) is 3.69. The molecule has 8 heteroatoms. The molecule has 6 nitrogen and oxygen atoms in total. The monoisotopic (exact) mass is 257 g/mol. The molecule has 2 heterocycles. The predicted octanol–water partition coefficient (Wildman–Crippen LogP) is 1.52. The van der Waals surface area contributed by atoms with Crippen LogP contribution in [0.15, 0.2) is 17.2 Å². The minimum atomic E-state index is -0.446. The third kappa shape index (κ3) is 2.39. The summed E-state index contributed by atoms with van der Waals surface area (Å²) < 4.78 is 0. The fourth-order valence-corrected chi connectivity index (χ4v) is 2.59. The lowest BCUT2D eigenvalue weighted by Crippen LogP contribution is -2.19. The van der Waals surface area contributed by atoms with E-state index in [1.54, 1.807) is 6.07 Å². The first-order chi connectivity index (χ1) is 7.66. The van der Waals surface area contributed by atoms with Gasteiger partial charge in [-0.2, -0.15) is 5.10 Å². The van der Waals surface area contributed by atoms with Crippen LogP contribution >= 0.6 is 23.1 Å². The zero-order valence-corrected chi connectivity index (χ0v) is 9.66. The first-order valence-electron chi connectivity index (χ1n) is 4.33. The Kier molecular flexibility index (Phi) is 3.20. The maximum Gasteiger partial charge on any atom is 0.324 e. The molecule has 1 saturated heterocycles. The number of thiophene rings is 1. The number of hydrogen-bond donors (Lipinski definition) is 0. The lowest BCUT2D eigenvalue weighted by atomic mass is 10.5. The molecule has 1 fully saturated rings. The lowest BCUT2D eigenvalue weighted by Gasteiger charge is -2.04. The standard InChI is InChI=1S/C8H7N3O3S2/c12-7-4-15-5-10(7)9-3-6-1-2-8(16-6)11(13)14/h1-3H,4-5H2/b9-3-. The van der Waals surface area contributed by atoms with E-state index in [1.807, 2.05) is 0 Å². The summed E-state index contributed by atoms with van der Waals surface area (Å²) in [5.41, 5.74) is 0. The van der Waals surface area contributed by atoms with E-state index >= 15 is 0 Å². The molecule has 0 aromatic carbocycles. The Labute approximate surface area is 99.1 Å². The van der Waals surface area contributed by atoms with Gasteiger partial charge in [0.05, 0.1) is 27.6 Å². The summed E-state index contributed by atoms with van der Waals surface area (Å²) in [7, 11) is 0. The predicted molar refractivity (Wildman–Crippen MR) is 62.7 cm³/mol. The smallest absolute Gasteiger partial charge is 0.272 e. The van der Waals surface area contributed by atoms with E-state index in [2.05, 4.69) is 5.10 Å². The highest BCUT2D eigenvalue weighted by molar-refractivity contribution is 8.00. The van der Waals surface area contributed by atoms with Crippen molar-refractivity contribution in [1.29, 1.82) is 0 Å². The van der Waals surface area contributed by atoms with Crippen molar-refractivity contribution in [3.05, 3.63) is 27.1 Å². The van der Waals surface area contributed by atoms with E-state index in [1.165, 1.54) is 29.1 Å². The average molecular weight is 257 g/mol. The van der Waals surface area contributed by atoms with Crippen LogP contribution in [0.1, 0.15) is 4.88 Å². The minimum absolute atomic E-state index is 0.0349. The highest BCUT2D eigenvalue weighted by Gasteiger charge is 2.19. The number of hydrogen-bond acceptors (Lipinski definition) is 6. The van der Waals surface area contributed by atoms with Crippen molar-refractivity contribution in [2.45, 2.75) is 0 Å². The Balaban J connectivity index is 2.05. The highest BCUT2D eigenvalue weighted by atomic mass is 32.2. The number of nitro groups is 1. The van der Waals surface area contributed by atoms with Crippen LogP contribution in [0.3, 0.4) is 0 Å². The number of rotatable bonds is 3. The molecular weight excluding hydrogens is 250 g/mol. The molecule has 0 unspecified atom stereocenters. The van der Waals surface area contributed by atoms with E-state index in [0.29, 0.717) is 16.5 Å². The fourth-order valence-electron chi connectivity index (χ4n) is 1.10. The Bertz CT molecular complexity index is 457. The van der Waals surface area contributed by atoms with Crippen molar-refractivity contribution in [2.75, 3.05) is 11.6 Å². The zero-order valence-electron chi connectivity index (χ0n) is 8.03. The molecule has 0 saturated carbocycles. The van der Waals surface area contributed by atoms with Crippen molar-refractivity contribution in [3.8, 4) is 0 Å². The summed E-state index contributed by atoms with van der Waals surface area (Å²) in [4.78, 5) is 21.8. The van der Waals surface area contributed by atoms with Crippen LogP contribution in [0.2, 0.25) is 0 Å². The molecule has 0 N–H and O–H groups in total. The van der Waals surface area contributed by atoms with Gasteiger partial charge in [0, 0.05) is 6.07 Å². The van der Waals surface area contributed by atoms with Gasteiger partial charge in [0.2, 0.25) is 0 Å². The van der Waals surface area contributed by atoms with E-state index < -0.39 is 4.92 Å². The number of hydrazone groups is 1. The van der Waals surface area contributed by atoms with Gasteiger partial charge in [0.1, 0.15) is 0 Å². The van der Waals surface area contributed by atoms with Crippen LogP contribution in [0, 0.1) is 10.1 Å². The van der Waals surface area contributed by atoms with Crippen LogP contribution in [-0.2, 0) is 4.79 Å². The highest BCUT2D eigenvalue weighted by Crippen LogP contribution is 2.23. The first-order valence-corrected chi connectivity index (χ1v) is 6.30. The van der Waals surface area contributed by atoms with Crippen LogP contribution in [0.25, 0.3) is 0 Å². The molecular formula is C8H7N3O3S2. The molecule has 16 heavy (non-hydrogen) atoms. The van der Waals surface area contributed by atoms with Crippen LogP contribution in [0.5, 0.6) is 0 Å². The van der Waals surface area contributed by atoms with E-state index in [9.17, 15) is 14.9 Å². The maximum atomic E-state index is 11.2. The van der Waals surface area contributed by atoms with Crippen LogP contribution in [-0.4, -0.2) is 33.7 Å². The number of carbonyl (C=O) groups excluding carboxylic acids is 1. The van der Waals surface area contributed by atoms with Gasteiger partial charge < -0.3 is 0 Å². The molecule has 1 amide bonds. The van der Waals surface area contributed by atoms with Gasteiger partial charge >= 0.3 is 5.00 Å². The number of amides is 1. The van der Waals surface area contributed by atoms with Crippen LogP contribution in [0.4, 0.5) is 5.00 Å². The van der Waals surface area contributed by atoms with E-state index in [-0.39, 0.29) is 10.9 Å². The Morgan fingerprint density at radius 2 is 2.38 bits per heavy atom. The van der Waals surface area contributed by atoms with E-state index in [0.717, 1.165) is 11.3 Å². The Hall–Kier alpha value is -1.41. The molecule has 0 radical (unpaired) electrons. The lowest BCUT2D eigenvalue weighted by molar-refractivity contribution is -0.380. The SMILES string of the molecule is O=C1CSCN1/N=C\c1ccc([N+](=O)[O-])s1. The van der Waals surface area contributed by atoms with Crippen molar-refractivity contribution < 1.29 is 9.72 Å². The summed E-state index contributed by atoms with van der Waals surface area (Å²) in [6.07, 6.45) is 1.47. The van der Waals surface area contributed by atoms with E-state index in [4.69, 9.17) is 0 Å². The Morgan fingerprint density at radius 1 is 1.56 bits per heavy atom. The summed E-state index contributed by atoms with van der Waals surface area (Å²) in [5.74, 6) is 0.956. The molecule has 1 aliphatic heterocycles. The van der Waals surface area contributed by atoms with Gasteiger partial charge in [0.25, 0.3) is 5.91 Å². The maximum absolute atomic E-state index is 11.2. The third-order valence-electron chi connectivity index (χ3n) is 1.84. The average Bonchev–Trinajstić information content (AvgIpc) is 2.83. The minimum Gasteiger partial charge on any atom is -0.272 e. The molecule has 0 spiro atoms. The van der Waals surface area contributed by atoms with Gasteiger partial charge in [-0.25, -0.2) is 5.01 Å². The topological polar surface area (TPSA) is 75.8 Å². The second kappa shape index (κ2) is 4.62. The molecule has 2 rings (SSSR count). The largest absolute Gasteiger partial charge is 0.324 e. The summed E-state index contributed by atoms with van der Waals surface area (Å²) in [6, 6.07) is 3.03. The normalized spacial score (nSPS) is 16.2. The summed E-state index contributed by atoms with van der Waals surface area (Å²) in [6.45, 7) is 0. The molecule has 0 aliphatic carbocycles. The van der Waals surface area contributed by atoms with Gasteiger partial charge in [-0.05, 0) is 6.07 Å². The summed E-state index contributed by atoms with van der Waals surface area (Å²) in [5, 5.41) is 15.8. The molecule has 0 bridgehead atoms. The second-order valence-electron chi connectivity index (χ2n) is 2.95. The molecule has 1 aromatic heterocycles. The molecule has 1 aromatic rings. The van der Waals surface area contributed by atoms with Crippen molar-refractivity contribution in [1.82, 2.24) is 5.01 Å². The van der Waals surface area contributed by atoms with Gasteiger partial charge in [0.15, 0.2) is 0 Å². The number of nitrogens with zero attached hydrogens (tertiary/aromatic N) is 3. The molecule has 0 atom stereocenters. The zero-order chi connectivity index (χ0) is 11.5. The molecule has 1 aliphatic rings. The van der Waals surface area contributed by atoms with Crippen LogP contribution < -0.4 is 0 Å². The van der Waals surface area contributed by atoms with Crippen molar-refractivity contribution in [2.24, 2.45) is 5.10 Å². The Morgan fingerprint density at radius 3 is 2.94 bits per heavy atom. The van der Waals surface area contributed by atoms with Gasteiger partial charge in [-0.15, -0.1) is 11.8 Å². The number of carbonyl (C=O) groups is 1. The number of thioether (sulfide) groups is 1. The summed E-state index contributed by atoms with van der Waals surface area (Å²) >= 11 is 2.53. The van der Waals surface area contributed by atoms with Gasteiger partial charge in [-0.1, -0.05) is 11.3 Å². The van der Waals surface area contributed by atoms with Gasteiger partial charge in [-0.3, -0.25) is 14.9 Å². The second-order valence-corrected chi connectivity index (χ2v) is 5.00. The molecule has 84 valence electrons. The first kappa shape index (κ1) is 11.1. The quantitative estimate of drug-likeness (QED) is 0.467. The van der Waals surface area contributed by atoms with Crippen molar-refractivity contribution in [3.63, 3.8) is 0 Å². The fraction of sp³-hybridized carbons (Fsp3) is 0.250.